The molecule has 0 bridgehead atoms. The summed E-state index contributed by atoms with van der Waals surface area (Å²) in [5.41, 5.74) is -0.407. The molecule has 3 nitrogen and oxygen atoms in total. The molecule has 1 unspecified atom stereocenters. The van der Waals surface area contributed by atoms with E-state index < -0.39 is 24.2 Å². The van der Waals surface area contributed by atoms with E-state index in [1.54, 1.807) is 0 Å². The number of alkyl halides is 1. The van der Waals surface area contributed by atoms with E-state index in [0.717, 1.165) is 12.8 Å². The molecule has 12 heavy (non-hydrogen) atoms. The molecule has 70 valence electrons. The minimum Gasteiger partial charge on any atom is -0.479 e. The SMILES string of the molecule is COC(C(=O)O)C1(CCF)CC1. The molecule has 1 aliphatic carbocycles. The van der Waals surface area contributed by atoms with Crippen molar-refractivity contribution in [1.29, 1.82) is 0 Å². The van der Waals surface area contributed by atoms with E-state index in [1.807, 2.05) is 0 Å². The van der Waals surface area contributed by atoms with Crippen molar-refractivity contribution in [3.8, 4) is 0 Å². The molecule has 1 saturated carbocycles. The fourth-order valence-corrected chi connectivity index (χ4v) is 1.60. The van der Waals surface area contributed by atoms with Crippen LogP contribution in [0.2, 0.25) is 0 Å². The van der Waals surface area contributed by atoms with E-state index in [0.29, 0.717) is 6.42 Å². The minimum atomic E-state index is -0.983. The number of ether oxygens (including phenoxy) is 1. The number of methoxy groups -OCH3 is 1. The zero-order chi connectivity index (χ0) is 9.19. The van der Waals surface area contributed by atoms with Gasteiger partial charge in [-0.1, -0.05) is 0 Å². The zero-order valence-corrected chi connectivity index (χ0v) is 7.05. The van der Waals surface area contributed by atoms with Gasteiger partial charge in [-0.2, -0.15) is 0 Å². The van der Waals surface area contributed by atoms with Crippen LogP contribution in [0, 0.1) is 5.41 Å². The summed E-state index contributed by atoms with van der Waals surface area (Å²) in [7, 11) is 1.36. The Morgan fingerprint density at radius 2 is 2.33 bits per heavy atom. The van der Waals surface area contributed by atoms with Crippen molar-refractivity contribution in [2.24, 2.45) is 5.41 Å². The van der Waals surface area contributed by atoms with E-state index >= 15 is 0 Å². The van der Waals surface area contributed by atoms with E-state index in [4.69, 9.17) is 9.84 Å². The van der Waals surface area contributed by atoms with Crippen LogP contribution in [-0.4, -0.2) is 31.0 Å². The Labute approximate surface area is 70.5 Å². The van der Waals surface area contributed by atoms with Crippen molar-refractivity contribution >= 4 is 5.97 Å². The number of aliphatic carboxylic acids is 1. The Balaban J connectivity index is 2.58. The molecule has 1 N–H and O–H groups in total. The van der Waals surface area contributed by atoms with Crippen LogP contribution in [0.4, 0.5) is 4.39 Å². The van der Waals surface area contributed by atoms with Gasteiger partial charge in [0.25, 0.3) is 0 Å². The predicted molar refractivity (Wildman–Crippen MR) is 40.7 cm³/mol. The van der Waals surface area contributed by atoms with Crippen molar-refractivity contribution in [2.45, 2.75) is 25.4 Å². The summed E-state index contributed by atoms with van der Waals surface area (Å²) in [6.07, 6.45) is 1.01. The number of halogens is 1. The van der Waals surface area contributed by atoms with Gasteiger partial charge in [0.1, 0.15) is 0 Å². The molecule has 0 aromatic rings. The van der Waals surface area contributed by atoms with E-state index in [1.165, 1.54) is 7.11 Å². The van der Waals surface area contributed by atoms with Gasteiger partial charge >= 0.3 is 5.97 Å². The van der Waals surface area contributed by atoms with Crippen molar-refractivity contribution in [3.63, 3.8) is 0 Å². The molecular formula is C8H13FO3. The largest absolute Gasteiger partial charge is 0.479 e. The van der Waals surface area contributed by atoms with Crippen LogP contribution in [0.5, 0.6) is 0 Å². The third-order valence-electron chi connectivity index (χ3n) is 2.50. The van der Waals surface area contributed by atoms with Crippen molar-refractivity contribution < 1.29 is 19.0 Å². The predicted octanol–water partition coefficient (Wildman–Crippen LogP) is 1.23. The van der Waals surface area contributed by atoms with Gasteiger partial charge < -0.3 is 9.84 Å². The first-order valence-electron chi connectivity index (χ1n) is 3.98. The maximum atomic E-state index is 12.0. The van der Waals surface area contributed by atoms with Gasteiger partial charge in [-0.05, 0) is 19.3 Å². The van der Waals surface area contributed by atoms with Crippen LogP contribution in [-0.2, 0) is 9.53 Å². The van der Waals surface area contributed by atoms with Gasteiger partial charge in [0, 0.05) is 12.5 Å². The lowest BCUT2D eigenvalue weighted by atomic mass is 9.96. The highest BCUT2D eigenvalue weighted by Gasteiger charge is 2.52. The quantitative estimate of drug-likeness (QED) is 0.685. The average molecular weight is 176 g/mol. The summed E-state index contributed by atoms with van der Waals surface area (Å²) in [6, 6.07) is 0. The number of hydrogen-bond donors (Lipinski definition) is 1. The molecule has 0 saturated heterocycles. The van der Waals surface area contributed by atoms with Crippen LogP contribution in [0.15, 0.2) is 0 Å². The van der Waals surface area contributed by atoms with Gasteiger partial charge in [-0.25, -0.2) is 4.79 Å². The monoisotopic (exact) mass is 176 g/mol. The highest BCUT2D eigenvalue weighted by Crippen LogP contribution is 2.52. The minimum absolute atomic E-state index is 0.303. The van der Waals surface area contributed by atoms with Crippen molar-refractivity contribution in [1.82, 2.24) is 0 Å². The molecule has 4 heteroatoms. The van der Waals surface area contributed by atoms with Gasteiger partial charge in [0.15, 0.2) is 6.10 Å². The first-order valence-corrected chi connectivity index (χ1v) is 3.98. The second kappa shape index (κ2) is 3.39. The first kappa shape index (κ1) is 9.45. The highest BCUT2D eigenvalue weighted by atomic mass is 19.1. The van der Waals surface area contributed by atoms with Crippen molar-refractivity contribution in [2.75, 3.05) is 13.8 Å². The Kier molecular flexibility index (Phi) is 2.67. The lowest BCUT2D eigenvalue weighted by Gasteiger charge is -2.20. The van der Waals surface area contributed by atoms with Crippen LogP contribution in [0.25, 0.3) is 0 Å². The average Bonchev–Trinajstić information content (AvgIpc) is 2.71. The smallest absolute Gasteiger partial charge is 0.333 e. The molecule has 0 amide bonds. The van der Waals surface area contributed by atoms with Crippen molar-refractivity contribution in [3.05, 3.63) is 0 Å². The summed E-state index contributed by atoms with van der Waals surface area (Å²) in [5.74, 6) is -0.983. The summed E-state index contributed by atoms with van der Waals surface area (Å²) < 4.78 is 16.9. The summed E-state index contributed by atoms with van der Waals surface area (Å²) >= 11 is 0. The zero-order valence-electron chi connectivity index (χ0n) is 7.05. The molecule has 1 aliphatic rings. The number of carboxylic acids is 1. The number of carboxylic acid groups (broad SMARTS) is 1. The topological polar surface area (TPSA) is 46.5 Å². The Hall–Kier alpha value is -0.640. The molecule has 0 radical (unpaired) electrons. The molecule has 0 spiro atoms. The third kappa shape index (κ3) is 1.58. The lowest BCUT2D eigenvalue weighted by Crippen LogP contribution is -2.33. The summed E-state index contributed by atoms with van der Waals surface area (Å²) in [6.45, 7) is -0.465. The van der Waals surface area contributed by atoms with Crippen LogP contribution in [0.3, 0.4) is 0 Å². The number of carbonyl (C=O) groups is 1. The van der Waals surface area contributed by atoms with Crippen LogP contribution in [0.1, 0.15) is 19.3 Å². The Bertz CT molecular complexity index is 177. The van der Waals surface area contributed by atoms with E-state index in [9.17, 15) is 9.18 Å². The summed E-state index contributed by atoms with van der Waals surface area (Å²) in [4.78, 5) is 10.6. The lowest BCUT2D eigenvalue weighted by molar-refractivity contribution is -0.153. The molecule has 0 aromatic carbocycles. The van der Waals surface area contributed by atoms with E-state index in [2.05, 4.69) is 0 Å². The second-order valence-corrected chi connectivity index (χ2v) is 3.26. The Morgan fingerprint density at radius 3 is 2.58 bits per heavy atom. The number of rotatable bonds is 5. The van der Waals surface area contributed by atoms with Gasteiger partial charge in [-0.15, -0.1) is 0 Å². The molecule has 0 heterocycles. The standard InChI is InChI=1S/C8H13FO3/c1-12-6(7(10)11)8(2-3-8)4-5-9/h6H,2-5H2,1H3,(H,10,11). The van der Waals surface area contributed by atoms with Gasteiger partial charge in [0.2, 0.25) is 0 Å². The molecule has 1 fully saturated rings. The summed E-state index contributed by atoms with van der Waals surface area (Å²) in [5, 5.41) is 8.73. The maximum absolute atomic E-state index is 12.0. The highest BCUT2D eigenvalue weighted by molar-refractivity contribution is 5.74. The molecule has 0 aliphatic heterocycles. The number of hydrogen-bond acceptors (Lipinski definition) is 2. The third-order valence-corrected chi connectivity index (χ3v) is 2.50. The first-order chi connectivity index (χ1) is 5.66. The fourth-order valence-electron chi connectivity index (χ4n) is 1.60. The second-order valence-electron chi connectivity index (χ2n) is 3.26. The fraction of sp³-hybridized carbons (Fsp3) is 0.875. The Morgan fingerprint density at radius 1 is 1.75 bits per heavy atom. The molecule has 0 aromatic heterocycles. The maximum Gasteiger partial charge on any atom is 0.333 e. The van der Waals surface area contributed by atoms with Gasteiger partial charge in [-0.3, -0.25) is 4.39 Å². The molecule has 1 rings (SSSR count). The molecule has 1 atom stereocenters. The van der Waals surface area contributed by atoms with Crippen LogP contribution >= 0.6 is 0 Å². The normalized spacial score (nSPS) is 21.8. The van der Waals surface area contributed by atoms with Gasteiger partial charge in [0.05, 0.1) is 6.67 Å². The van der Waals surface area contributed by atoms with E-state index in [-0.39, 0.29) is 0 Å². The van der Waals surface area contributed by atoms with Crippen LogP contribution < -0.4 is 0 Å². The molecular weight excluding hydrogens is 163 g/mol.